The number of nitrogens with one attached hydrogen (secondary N) is 1. The molecular weight excluding hydrogens is 242 g/mol. The number of halogens is 1. The van der Waals surface area contributed by atoms with Gasteiger partial charge in [0.1, 0.15) is 0 Å². The predicted molar refractivity (Wildman–Crippen MR) is 68.6 cm³/mol. The van der Waals surface area contributed by atoms with Gasteiger partial charge in [-0.05, 0) is 6.92 Å². The van der Waals surface area contributed by atoms with Gasteiger partial charge in [0.15, 0.2) is 0 Å². The summed E-state index contributed by atoms with van der Waals surface area (Å²) in [4.78, 5) is 16.2. The molecule has 0 aromatic heterocycles. The van der Waals surface area contributed by atoms with Gasteiger partial charge in [0, 0.05) is 38.8 Å². The second-order valence-electron chi connectivity index (χ2n) is 4.52. The van der Waals surface area contributed by atoms with Crippen LogP contribution in [0.3, 0.4) is 0 Å². The van der Waals surface area contributed by atoms with E-state index in [1.165, 1.54) is 0 Å². The Morgan fingerprint density at radius 3 is 2.71 bits per heavy atom. The van der Waals surface area contributed by atoms with E-state index in [0.29, 0.717) is 25.8 Å². The first-order valence-corrected chi connectivity index (χ1v) is 6.07. The van der Waals surface area contributed by atoms with E-state index >= 15 is 0 Å². The molecule has 100 valence electrons. The molecule has 5 nitrogen and oxygen atoms in total. The maximum absolute atomic E-state index is 12.0. The summed E-state index contributed by atoms with van der Waals surface area (Å²) in [6.45, 7) is 8.53. The van der Waals surface area contributed by atoms with Crippen LogP contribution in [0.25, 0.3) is 0 Å². The van der Waals surface area contributed by atoms with E-state index in [4.69, 9.17) is 4.74 Å². The van der Waals surface area contributed by atoms with Crippen LogP contribution in [0.5, 0.6) is 0 Å². The van der Waals surface area contributed by atoms with Crippen LogP contribution in [0.15, 0.2) is 0 Å². The number of hydrogen-bond donors (Lipinski definition) is 1. The Balaban J connectivity index is 0.00000144. The van der Waals surface area contributed by atoms with Gasteiger partial charge in [-0.3, -0.25) is 9.69 Å². The number of morpholine rings is 1. The van der Waals surface area contributed by atoms with Crippen LogP contribution < -0.4 is 5.32 Å². The molecule has 2 aliphatic rings. The van der Waals surface area contributed by atoms with Crippen molar-refractivity contribution < 1.29 is 9.53 Å². The lowest BCUT2D eigenvalue weighted by atomic mass is 10.2. The molecule has 1 atom stereocenters. The summed E-state index contributed by atoms with van der Waals surface area (Å²) >= 11 is 0. The van der Waals surface area contributed by atoms with E-state index in [9.17, 15) is 4.79 Å². The highest BCUT2D eigenvalue weighted by molar-refractivity contribution is 5.85. The lowest BCUT2D eigenvalue weighted by molar-refractivity contribution is -0.137. The Morgan fingerprint density at radius 2 is 2.06 bits per heavy atom. The average molecular weight is 264 g/mol. The molecule has 0 radical (unpaired) electrons. The average Bonchev–Trinajstić information content (AvgIpc) is 2.33. The van der Waals surface area contributed by atoms with Crippen molar-refractivity contribution >= 4 is 18.3 Å². The molecule has 0 aromatic carbocycles. The third kappa shape index (κ3) is 4.10. The molecule has 0 bridgehead atoms. The second-order valence-corrected chi connectivity index (χ2v) is 4.52. The zero-order valence-electron chi connectivity index (χ0n) is 10.4. The Hall–Kier alpha value is -0.360. The van der Waals surface area contributed by atoms with Crippen LogP contribution in [0.2, 0.25) is 0 Å². The molecule has 1 N–H and O–H groups in total. The van der Waals surface area contributed by atoms with E-state index in [1.54, 1.807) is 0 Å². The lowest BCUT2D eigenvalue weighted by Gasteiger charge is -2.35. The number of carbonyl (C=O) groups is 1. The summed E-state index contributed by atoms with van der Waals surface area (Å²) < 4.78 is 5.24. The van der Waals surface area contributed by atoms with Crippen LogP contribution >= 0.6 is 12.4 Å². The number of carbonyl (C=O) groups excluding carboxylic acids is 1. The molecular formula is C11H22ClN3O2. The largest absolute Gasteiger partial charge is 0.378 e. The highest BCUT2D eigenvalue weighted by atomic mass is 35.5. The topological polar surface area (TPSA) is 44.8 Å². The summed E-state index contributed by atoms with van der Waals surface area (Å²) in [5, 5.41) is 3.33. The van der Waals surface area contributed by atoms with Gasteiger partial charge < -0.3 is 15.0 Å². The first kappa shape index (κ1) is 14.7. The fraction of sp³-hybridized carbons (Fsp3) is 0.909. The maximum atomic E-state index is 12.0. The summed E-state index contributed by atoms with van der Waals surface area (Å²) in [6.07, 6.45) is 0. The van der Waals surface area contributed by atoms with Crippen LogP contribution in [-0.2, 0) is 9.53 Å². The van der Waals surface area contributed by atoms with Gasteiger partial charge in [0.05, 0.1) is 19.8 Å². The molecule has 0 saturated carbocycles. The predicted octanol–water partition coefficient (Wildman–Crippen LogP) is -0.439. The molecule has 1 amide bonds. The molecule has 17 heavy (non-hydrogen) atoms. The van der Waals surface area contributed by atoms with Crippen LogP contribution in [0.1, 0.15) is 6.92 Å². The minimum Gasteiger partial charge on any atom is -0.378 e. The number of ether oxygens (including phenoxy) is 1. The molecule has 0 unspecified atom stereocenters. The molecule has 0 aromatic rings. The van der Waals surface area contributed by atoms with Crippen LogP contribution in [-0.4, -0.2) is 74.2 Å². The molecule has 0 aliphatic carbocycles. The standard InChI is InChI=1S/C11H21N3O2.ClH/c1-10-8-12-2-3-14(10)9-11(15)13-4-6-16-7-5-13;/h10,12H,2-9H2,1H3;1H/t10-;/m0./s1. The number of piperazine rings is 1. The van der Waals surface area contributed by atoms with Crippen molar-refractivity contribution in [3.8, 4) is 0 Å². The molecule has 2 heterocycles. The third-order valence-electron chi connectivity index (χ3n) is 3.34. The smallest absolute Gasteiger partial charge is 0.236 e. The Labute approximate surface area is 109 Å². The number of rotatable bonds is 2. The zero-order valence-corrected chi connectivity index (χ0v) is 11.2. The highest BCUT2D eigenvalue weighted by Gasteiger charge is 2.23. The van der Waals surface area contributed by atoms with Gasteiger partial charge in [-0.1, -0.05) is 0 Å². The third-order valence-corrected chi connectivity index (χ3v) is 3.34. The Bertz CT molecular complexity index is 247. The quantitative estimate of drug-likeness (QED) is 0.734. The van der Waals surface area contributed by atoms with Gasteiger partial charge in [-0.15, -0.1) is 12.4 Å². The van der Waals surface area contributed by atoms with E-state index < -0.39 is 0 Å². The normalized spacial score (nSPS) is 26.4. The first-order chi connectivity index (χ1) is 7.77. The maximum Gasteiger partial charge on any atom is 0.236 e. The molecule has 2 rings (SSSR count). The summed E-state index contributed by atoms with van der Waals surface area (Å²) in [5.74, 6) is 0.247. The van der Waals surface area contributed by atoms with Crippen LogP contribution in [0, 0.1) is 0 Å². The molecule has 0 spiro atoms. The van der Waals surface area contributed by atoms with Crippen molar-refractivity contribution in [2.75, 3.05) is 52.5 Å². The van der Waals surface area contributed by atoms with Crippen molar-refractivity contribution in [2.24, 2.45) is 0 Å². The summed E-state index contributed by atoms with van der Waals surface area (Å²) in [6, 6.07) is 0.457. The Kier molecular flexibility index (Phi) is 6.19. The van der Waals surface area contributed by atoms with Gasteiger partial charge in [0.25, 0.3) is 0 Å². The van der Waals surface area contributed by atoms with E-state index in [-0.39, 0.29) is 18.3 Å². The molecule has 6 heteroatoms. The van der Waals surface area contributed by atoms with Crippen molar-refractivity contribution in [3.05, 3.63) is 0 Å². The Morgan fingerprint density at radius 1 is 1.35 bits per heavy atom. The number of hydrogen-bond acceptors (Lipinski definition) is 4. The van der Waals surface area contributed by atoms with Crippen molar-refractivity contribution in [2.45, 2.75) is 13.0 Å². The summed E-state index contributed by atoms with van der Waals surface area (Å²) in [7, 11) is 0. The first-order valence-electron chi connectivity index (χ1n) is 6.07. The SMILES string of the molecule is C[C@H]1CNCCN1CC(=O)N1CCOCC1.Cl. The minimum atomic E-state index is 0. The van der Waals surface area contributed by atoms with Crippen molar-refractivity contribution in [1.82, 2.24) is 15.1 Å². The monoisotopic (exact) mass is 263 g/mol. The number of nitrogens with zero attached hydrogens (tertiary/aromatic N) is 2. The molecule has 2 fully saturated rings. The van der Waals surface area contributed by atoms with Crippen molar-refractivity contribution in [3.63, 3.8) is 0 Å². The fourth-order valence-corrected chi connectivity index (χ4v) is 2.20. The van der Waals surface area contributed by atoms with Gasteiger partial charge in [0.2, 0.25) is 5.91 Å². The zero-order chi connectivity index (χ0) is 11.4. The van der Waals surface area contributed by atoms with E-state index in [1.807, 2.05) is 4.90 Å². The van der Waals surface area contributed by atoms with Gasteiger partial charge in [-0.2, -0.15) is 0 Å². The summed E-state index contributed by atoms with van der Waals surface area (Å²) in [5.41, 5.74) is 0. The lowest BCUT2D eigenvalue weighted by Crippen LogP contribution is -2.54. The fourth-order valence-electron chi connectivity index (χ4n) is 2.20. The van der Waals surface area contributed by atoms with Gasteiger partial charge >= 0.3 is 0 Å². The minimum absolute atomic E-state index is 0. The van der Waals surface area contributed by atoms with E-state index in [2.05, 4.69) is 17.1 Å². The molecule has 2 saturated heterocycles. The highest BCUT2D eigenvalue weighted by Crippen LogP contribution is 2.04. The van der Waals surface area contributed by atoms with Crippen LogP contribution in [0.4, 0.5) is 0 Å². The second kappa shape index (κ2) is 7.16. The molecule has 2 aliphatic heterocycles. The van der Waals surface area contributed by atoms with Crippen molar-refractivity contribution in [1.29, 1.82) is 0 Å². The van der Waals surface area contributed by atoms with E-state index in [0.717, 1.165) is 32.7 Å². The van der Waals surface area contributed by atoms with Gasteiger partial charge in [-0.25, -0.2) is 0 Å². The number of amides is 1.